The number of nitrogens with two attached hydrogens (primary N) is 1. The van der Waals surface area contributed by atoms with Gasteiger partial charge in [0, 0.05) is 36.6 Å². The van der Waals surface area contributed by atoms with E-state index in [-0.39, 0.29) is 18.7 Å². The largest absolute Gasteiger partial charge is 0.396 e. The summed E-state index contributed by atoms with van der Waals surface area (Å²) in [6, 6.07) is 8.13. The summed E-state index contributed by atoms with van der Waals surface area (Å²) >= 11 is 0. The third kappa shape index (κ3) is 4.76. The summed E-state index contributed by atoms with van der Waals surface area (Å²) in [7, 11) is 0. The number of aromatic nitrogens is 4. The fraction of sp³-hybridized carbons (Fsp3) is 0.400. The molecule has 9 nitrogen and oxygen atoms in total. The average molecular weight is 463 g/mol. The maximum atomic E-state index is 9.60. The number of allylic oxidation sites excluding steroid dienone is 1. The van der Waals surface area contributed by atoms with E-state index in [1.54, 1.807) is 6.08 Å². The van der Waals surface area contributed by atoms with Crippen LogP contribution in [0.25, 0.3) is 11.2 Å². The Kier molecular flexibility index (Phi) is 7.14. The van der Waals surface area contributed by atoms with Crippen LogP contribution in [-0.4, -0.2) is 43.8 Å². The zero-order valence-electron chi connectivity index (χ0n) is 20.0. The third-order valence-corrected chi connectivity index (χ3v) is 6.24. The van der Waals surface area contributed by atoms with E-state index in [9.17, 15) is 5.11 Å². The summed E-state index contributed by atoms with van der Waals surface area (Å²) in [6.07, 6.45) is 7.38. The molecule has 0 saturated carbocycles. The highest BCUT2D eigenvalue weighted by molar-refractivity contribution is 5.87. The number of nitrogens with one attached hydrogen (secondary N) is 1. The summed E-state index contributed by atoms with van der Waals surface area (Å²) < 4.78 is 2.06. The van der Waals surface area contributed by atoms with Crippen molar-refractivity contribution < 1.29 is 5.11 Å². The first kappa shape index (κ1) is 23.7. The second-order valence-corrected chi connectivity index (χ2v) is 8.89. The topological polar surface area (TPSA) is 108 Å². The molecule has 0 amide bonds. The Morgan fingerprint density at radius 1 is 1.35 bits per heavy atom. The normalized spacial score (nSPS) is 16.1. The fourth-order valence-electron chi connectivity index (χ4n) is 4.35. The molecule has 1 aliphatic heterocycles. The molecule has 3 heterocycles. The Bertz CT molecular complexity index is 1170. The summed E-state index contributed by atoms with van der Waals surface area (Å²) in [5.41, 5.74) is 3.68. The molecule has 1 fully saturated rings. The summed E-state index contributed by atoms with van der Waals surface area (Å²) in [6.45, 7) is 12.9. The van der Waals surface area contributed by atoms with Gasteiger partial charge in [0.15, 0.2) is 17.0 Å². The molecule has 4 rings (SSSR count). The van der Waals surface area contributed by atoms with Crippen molar-refractivity contribution in [3.63, 3.8) is 0 Å². The molecule has 0 radical (unpaired) electrons. The first-order valence-corrected chi connectivity index (χ1v) is 11.8. The van der Waals surface area contributed by atoms with Crippen LogP contribution in [0, 0.1) is 0 Å². The Morgan fingerprint density at radius 3 is 2.91 bits per heavy atom. The number of hydrazine groups is 1. The molecule has 1 aliphatic rings. The molecule has 1 unspecified atom stereocenters. The Morgan fingerprint density at radius 2 is 2.18 bits per heavy atom. The van der Waals surface area contributed by atoms with E-state index in [0.29, 0.717) is 29.4 Å². The lowest BCUT2D eigenvalue weighted by Crippen LogP contribution is -2.41. The maximum Gasteiger partial charge on any atom is 0.229 e. The van der Waals surface area contributed by atoms with Gasteiger partial charge in [0.2, 0.25) is 5.95 Å². The molecule has 9 heteroatoms. The lowest BCUT2D eigenvalue weighted by Gasteiger charge is -2.35. The molecule has 1 saturated heterocycles. The van der Waals surface area contributed by atoms with Crippen LogP contribution in [0.5, 0.6) is 0 Å². The Labute approximate surface area is 200 Å². The van der Waals surface area contributed by atoms with Crippen LogP contribution in [0.4, 0.5) is 23.1 Å². The summed E-state index contributed by atoms with van der Waals surface area (Å²) in [5.74, 6) is 7.46. The van der Waals surface area contributed by atoms with Crippen molar-refractivity contribution in [2.24, 2.45) is 5.84 Å². The van der Waals surface area contributed by atoms with Crippen LogP contribution in [0.3, 0.4) is 0 Å². The van der Waals surface area contributed by atoms with Gasteiger partial charge in [0.25, 0.3) is 0 Å². The van der Waals surface area contributed by atoms with Crippen LogP contribution >= 0.6 is 0 Å². The van der Waals surface area contributed by atoms with Gasteiger partial charge in [-0.15, -0.1) is 0 Å². The minimum absolute atomic E-state index is 0.150. The smallest absolute Gasteiger partial charge is 0.229 e. The van der Waals surface area contributed by atoms with Crippen LogP contribution in [0.15, 0.2) is 55.5 Å². The number of rotatable bonds is 9. The van der Waals surface area contributed by atoms with Gasteiger partial charge in [-0.3, -0.25) is 5.01 Å². The van der Waals surface area contributed by atoms with Crippen LogP contribution < -0.4 is 21.1 Å². The monoisotopic (exact) mass is 462 g/mol. The number of aliphatic hydroxyl groups is 1. The van der Waals surface area contributed by atoms with Crippen molar-refractivity contribution in [2.45, 2.75) is 51.6 Å². The number of anilines is 4. The van der Waals surface area contributed by atoms with Crippen molar-refractivity contribution in [1.82, 2.24) is 19.5 Å². The zero-order valence-corrected chi connectivity index (χ0v) is 20.0. The maximum absolute atomic E-state index is 9.60. The van der Waals surface area contributed by atoms with E-state index in [0.717, 1.165) is 42.8 Å². The predicted molar refractivity (Wildman–Crippen MR) is 138 cm³/mol. The van der Waals surface area contributed by atoms with Crippen molar-refractivity contribution >= 4 is 34.3 Å². The van der Waals surface area contributed by atoms with Crippen molar-refractivity contribution in [3.8, 4) is 0 Å². The summed E-state index contributed by atoms with van der Waals surface area (Å²) in [5, 5.41) is 14.5. The lowest BCUT2D eigenvalue weighted by atomic mass is 10.0. The van der Waals surface area contributed by atoms with Gasteiger partial charge in [-0.05, 0) is 63.8 Å². The molecule has 0 spiro atoms. The molecule has 2 aromatic heterocycles. The van der Waals surface area contributed by atoms with E-state index in [1.165, 1.54) is 5.01 Å². The molecule has 0 bridgehead atoms. The molecule has 4 N–H and O–H groups in total. The highest BCUT2D eigenvalue weighted by Crippen LogP contribution is 2.31. The quantitative estimate of drug-likeness (QED) is 0.246. The number of fused-ring (bicyclic) bond motifs is 1. The number of benzene rings is 1. The highest BCUT2D eigenvalue weighted by Gasteiger charge is 2.26. The average Bonchev–Trinajstić information content (AvgIpc) is 3.28. The summed E-state index contributed by atoms with van der Waals surface area (Å²) in [4.78, 5) is 16.7. The number of piperidine rings is 1. The molecule has 180 valence electrons. The lowest BCUT2D eigenvalue weighted by molar-refractivity contribution is 0.262. The number of imidazole rings is 1. The molecular weight excluding hydrogens is 428 g/mol. The predicted octanol–water partition coefficient (Wildman–Crippen LogP) is 4.27. The van der Waals surface area contributed by atoms with E-state index in [4.69, 9.17) is 15.8 Å². The van der Waals surface area contributed by atoms with Crippen molar-refractivity contribution in [2.75, 3.05) is 28.4 Å². The highest BCUT2D eigenvalue weighted by atomic mass is 16.3. The van der Waals surface area contributed by atoms with E-state index in [2.05, 4.69) is 46.8 Å². The van der Waals surface area contributed by atoms with Gasteiger partial charge in [0.1, 0.15) is 0 Å². The van der Waals surface area contributed by atoms with Crippen molar-refractivity contribution in [1.29, 1.82) is 0 Å². The van der Waals surface area contributed by atoms with E-state index >= 15 is 0 Å². The SMILES string of the molecule is C=CC(=C)N(N)c1cccc(Nc2nc(N3CCCCC3CCO)nc3c2ncn3C(C)C)c1. The van der Waals surface area contributed by atoms with Gasteiger partial charge < -0.3 is 19.9 Å². The molecule has 34 heavy (non-hydrogen) atoms. The first-order valence-electron chi connectivity index (χ1n) is 11.8. The van der Waals surface area contributed by atoms with Crippen LogP contribution in [-0.2, 0) is 0 Å². The number of nitrogens with zero attached hydrogens (tertiary/aromatic N) is 6. The van der Waals surface area contributed by atoms with Gasteiger partial charge >= 0.3 is 0 Å². The zero-order chi connectivity index (χ0) is 24.2. The van der Waals surface area contributed by atoms with E-state index in [1.807, 2.05) is 30.6 Å². The fourth-order valence-corrected chi connectivity index (χ4v) is 4.35. The van der Waals surface area contributed by atoms with E-state index < -0.39 is 0 Å². The third-order valence-electron chi connectivity index (χ3n) is 6.24. The number of aliphatic hydroxyl groups excluding tert-OH is 1. The molecule has 3 aromatic rings. The van der Waals surface area contributed by atoms with Gasteiger partial charge in [-0.25, -0.2) is 10.8 Å². The van der Waals surface area contributed by atoms with Crippen molar-refractivity contribution in [3.05, 3.63) is 55.5 Å². The molecule has 1 aromatic carbocycles. The van der Waals surface area contributed by atoms with Gasteiger partial charge in [-0.2, -0.15) is 9.97 Å². The van der Waals surface area contributed by atoms with Gasteiger partial charge in [0.05, 0.1) is 12.0 Å². The molecule has 0 aliphatic carbocycles. The molecule has 1 atom stereocenters. The number of hydrogen-bond donors (Lipinski definition) is 3. The van der Waals surface area contributed by atoms with Crippen LogP contribution in [0.2, 0.25) is 0 Å². The molecular formula is C25H34N8O. The standard InChI is InChI=1S/C25H34N8O/c1-5-18(4)33(26)21-11-8-9-19(15-21)28-23-22-24(32(16-27-22)17(2)3)30-25(29-23)31-13-7-6-10-20(31)12-14-34/h5,8-9,11,15-17,20,34H,1,4,6-7,10,12-14,26H2,2-3H3,(H,28,29,30). The second-order valence-electron chi connectivity index (χ2n) is 8.89. The Balaban J connectivity index is 1.76. The first-order chi connectivity index (χ1) is 16.4. The minimum atomic E-state index is 0.150. The Hall–Kier alpha value is -3.43. The second kappa shape index (κ2) is 10.2. The number of hydrogen-bond acceptors (Lipinski definition) is 8. The van der Waals surface area contributed by atoms with Gasteiger partial charge in [-0.1, -0.05) is 19.2 Å². The minimum Gasteiger partial charge on any atom is -0.396 e. The van der Waals surface area contributed by atoms with Crippen LogP contribution in [0.1, 0.15) is 45.6 Å².